The van der Waals surface area contributed by atoms with Gasteiger partial charge in [-0.25, -0.2) is 4.79 Å². The molecule has 0 bridgehead atoms. The SMILES string of the molecule is CC(C)(C)OC(=O)Nc1ccc(NC(=O)C(Cc2ccccc2)C(=O)OCC2c3ccccc3-c3ccccc32)cc1. The number of hydrogen-bond acceptors (Lipinski definition) is 5. The summed E-state index contributed by atoms with van der Waals surface area (Å²) < 4.78 is 11.2. The van der Waals surface area contributed by atoms with Crippen molar-refractivity contribution in [1.82, 2.24) is 0 Å². The maximum absolute atomic E-state index is 13.5. The van der Waals surface area contributed by atoms with Gasteiger partial charge in [-0.2, -0.15) is 0 Å². The summed E-state index contributed by atoms with van der Waals surface area (Å²) in [7, 11) is 0. The average Bonchev–Trinajstić information content (AvgIpc) is 3.29. The van der Waals surface area contributed by atoms with Crippen LogP contribution in [-0.2, 0) is 25.5 Å². The summed E-state index contributed by atoms with van der Waals surface area (Å²) in [6.45, 7) is 5.49. The van der Waals surface area contributed by atoms with Crippen molar-refractivity contribution in [1.29, 1.82) is 0 Å². The second-order valence-electron chi connectivity index (χ2n) is 11.3. The Hall–Kier alpha value is -4.91. The van der Waals surface area contributed by atoms with Crippen LogP contribution in [0.4, 0.5) is 16.2 Å². The first-order valence-electron chi connectivity index (χ1n) is 14.0. The van der Waals surface area contributed by atoms with Crippen molar-refractivity contribution < 1.29 is 23.9 Å². The van der Waals surface area contributed by atoms with E-state index in [1.165, 1.54) is 0 Å². The third kappa shape index (κ3) is 6.86. The van der Waals surface area contributed by atoms with Gasteiger partial charge in [-0.05, 0) is 79.3 Å². The van der Waals surface area contributed by atoms with E-state index in [2.05, 4.69) is 34.9 Å². The third-order valence-electron chi connectivity index (χ3n) is 7.04. The van der Waals surface area contributed by atoms with E-state index >= 15 is 0 Å². The van der Waals surface area contributed by atoms with E-state index < -0.39 is 29.5 Å². The summed E-state index contributed by atoms with van der Waals surface area (Å²) in [5.41, 5.74) is 5.72. The van der Waals surface area contributed by atoms with Crippen molar-refractivity contribution in [2.75, 3.05) is 17.2 Å². The predicted molar refractivity (Wildman–Crippen MR) is 163 cm³/mol. The van der Waals surface area contributed by atoms with Crippen molar-refractivity contribution in [2.45, 2.75) is 38.7 Å². The molecule has 0 radical (unpaired) electrons. The van der Waals surface area contributed by atoms with Gasteiger partial charge >= 0.3 is 12.1 Å². The van der Waals surface area contributed by atoms with Crippen LogP contribution in [0.15, 0.2) is 103 Å². The number of fused-ring (bicyclic) bond motifs is 3. The molecule has 4 aromatic rings. The summed E-state index contributed by atoms with van der Waals surface area (Å²) in [6.07, 6.45) is -0.376. The second kappa shape index (κ2) is 12.3. The van der Waals surface area contributed by atoms with Gasteiger partial charge in [0.25, 0.3) is 0 Å². The van der Waals surface area contributed by atoms with E-state index in [9.17, 15) is 14.4 Å². The number of carbonyl (C=O) groups excluding carboxylic acids is 3. The van der Waals surface area contributed by atoms with E-state index in [4.69, 9.17) is 9.47 Å². The van der Waals surface area contributed by atoms with Gasteiger partial charge in [0.15, 0.2) is 0 Å². The maximum atomic E-state index is 13.5. The third-order valence-corrected chi connectivity index (χ3v) is 7.04. The predicted octanol–water partition coefficient (Wildman–Crippen LogP) is 7.19. The number of anilines is 2. The lowest BCUT2D eigenvalue weighted by atomic mass is 9.97. The van der Waals surface area contributed by atoms with Gasteiger partial charge in [0.05, 0.1) is 0 Å². The Labute approximate surface area is 245 Å². The van der Waals surface area contributed by atoms with Gasteiger partial charge in [-0.1, -0.05) is 78.9 Å². The molecule has 42 heavy (non-hydrogen) atoms. The van der Waals surface area contributed by atoms with Crippen LogP contribution < -0.4 is 10.6 Å². The number of esters is 1. The molecule has 214 valence electrons. The number of amides is 2. The van der Waals surface area contributed by atoms with E-state index in [0.717, 1.165) is 27.8 Å². The Morgan fingerprint density at radius 1 is 0.714 bits per heavy atom. The molecule has 0 aromatic heterocycles. The largest absolute Gasteiger partial charge is 0.464 e. The van der Waals surface area contributed by atoms with Crippen molar-refractivity contribution in [2.24, 2.45) is 5.92 Å². The normalized spacial score (nSPS) is 12.9. The molecule has 2 amide bonds. The molecule has 0 spiro atoms. The quantitative estimate of drug-likeness (QED) is 0.175. The summed E-state index contributed by atoms with van der Waals surface area (Å²) >= 11 is 0. The molecular weight excluding hydrogens is 528 g/mol. The fourth-order valence-electron chi connectivity index (χ4n) is 5.13. The number of hydrogen-bond donors (Lipinski definition) is 2. The van der Waals surface area contributed by atoms with Crippen molar-refractivity contribution in [3.05, 3.63) is 120 Å². The number of nitrogens with one attached hydrogen (secondary N) is 2. The van der Waals surface area contributed by atoms with Gasteiger partial charge < -0.3 is 14.8 Å². The van der Waals surface area contributed by atoms with Crippen LogP contribution in [0.1, 0.15) is 43.4 Å². The zero-order chi connectivity index (χ0) is 29.7. The van der Waals surface area contributed by atoms with E-state index in [1.807, 2.05) is 54.6 Å². The van der Waals surface area contributed by atoms with Crippen LogP contribution in [0, 0.1) is 5.92 Å². The summed E-state index contributed by atoms with van der Waals surface area (Å²) in [6, 6.07) is 32.3. The highest BCUT2D eigenvalue weighted by Gasteiger charge is 2.33. The van der Waals surface area contributed by atoms with E-state index in [-0.39, 0.29) is 18.9 Å². The molecular formula is C35H34N2O5. The first kappa shape index (κ1) is 28.6. The van der Waals surface area contributed by atoms with Crippen molar-refractivity contribution >= 4 is 29.3 Å². The Bertz CT molecular complexity index is 1530. The molecule has 0 saturated carbocycles. The monoisotopic (exact) mass is 562 g/mol. The lowest BCUT2D eigenvalue weighted by molar-refractivity contribution is -0.151. The molecule has 1 atom stereocenters. The minimum Gasteiger partial charge on any atom is -0.464 e. The highest BCUT2D eigenvalue weighted by Crippen LogP contribution is 2.44. The molecule has 7 nitrogen and oxygen atoms in total. The van der Waals surface area contributed by atoms with Crippen LogP contribution >= 0.6 is 0 Å². The molecule has 0 fully saturated rings. The highest BCUT2D eigenvalue weighted by atomic mass is 16.6. The molecule has 0 aliphatic heterocycles. The lowest BCUT2D eigenvalue weighted by Gasteiger charge is -2.20. The van der Waals surface area contributed by atoms with Gasteiger partial charge in [0, 0.05) is 17.3 Å². The zero-order valence-electron chi connectivity index (χ0n) is 23.9. The minimum absolute atomic E-state index is 0.105. The molecule has 4 aromatic carbocycles. The second-order valence-corrected chi connectivity index (χ2v) is 11.3. The first-order valence-corrected chi connectivity index (χ1v) is 14.0. The van der Waals surface area contributed by atoms with Gasteiger partial charge in [0.1, 0.15) is 18.1 Å². The van der Waals surface area contributed by atoms with Crippen molar-refractivity contribution in [3.8, 4) is 11.1 Å². The Morgan fingerprint density at radius 2 is 1.24 bits per heavy atom. The fraction of sp³-hybridized carbons (Fsp3) is 0.229. The maximum Gasteiger partial charge on any atom is 0.412 e. The molecule has 0 saturated heterocycles. The highest BCUT2D eigenvalue weighted by molar-refractivity contribution is 6.05. The lowest BCUT2D eigenvalue weighted by Crippen LogP contribution is -2.33. The molecule has 1 aliphatic carbocycles. The molecule has 1 unspecified atom stereocenters. The van der Waals surface area contributed by atoms with E-state index in [0.29, 0.717) is 11.4 Å². The summed E-state index contributed by atoms with van der Waals surface area (Å²) in [4.78, 5) is 39.0. The number of carbonyl (C=O) groups is 3. The molecule has 7 heteroatoms. The van der Waals surface area contributed by atoms with Crippen LogP contribution in [-0.4, -0.2) is 30.2 Å². The van der Waals surface area contributed by atoms with E-state index in [1.54, 1.807) is 45.0 Å². The Morgan fingerprint density at radius 3 is 1.81 bits per heavy atom. The van der Waals surface area contributed by atoms with Crippen LogP contribution in [0.25, 0.3) is 11.1 Å². The number of benzene rings is 4. The van der Waals surface area contributed by atoms with Gasteiger partial charge in [-0.3, -0.25) is 14.9 Å². The summed E-state index contributed by atoms with van der Waals surface area (Å²) in [5, 5.41) is 5.50. The smallest absolute Gasteiger partial charge is 0.412 e. The molecule has 0 heterocycles. The Balaban J connectivity index is 1.29. The fourth-order valence-corrected chi connectivity index (χ4v) is 5.13. The molecule has 1 aliphatic rings. The Kier molecular flexibility index (Phi) is 8.38. The van der Waals surface area contributed by atoms with Crippen LogP contribution in [0.2, 0.25) is 0 Å². The van der Waals surface area contributed by atoms with Gasteiger partial charge in [-0.15, -0.1) is 0 Å². The summed E-state index contributed by atoms with van der Waals surface area (Å²) in [5.74, 6) is -2.21. The zero-order valence-corrected chi connectivity index (χ0v) is 23.9. The molecule has 5 rings (SSSR count). The van der Waals surface area contributed by atoms with Gasteiger partial charge in [0.2, 0.25) is 5.91 Å². The number of rotatable bonds is 8. The van der Waals surface area contributed by atoms with Crippen molar-refractivity contribution in [3.63, 3.8) is 0 Å². The number of ether oxygens (including phenoxy) is 2. The first-order chi connectivity index (χ1) is 20.2. The topological polar surface area (TPSA) is 93.7 Å². The van der Waals surface area contributed by atoms with Crippen LogP contribution in [0.5, 0.6) is 0 Å². The minimum atomic E-state index is -1.06. The van der Waals surface area contributed by atoms with Crippen LogP contribution in [0.3, 0.4) is 0 Å². The standard InChI is InChI=1S/C35H34N2O5/c1-35(2,3)42-34(40)37-25-19-17-24(18-20-25)36-32(38)30(21-23-11-5-4-6-12-23)33(39)41-22-31-28-15-9-7-13-26(28)27-14-8-10-16-29(27)31/h4-20,30-31H,21-22H2,1-3H3,(H,36,38)(H,37,40). The average molecular weight is 563 g/mol. The molecule has 2 N–H and O–H groups in total.